The van der Waals surface area contributed by atoms with Crippen LogP contribution in [0.2, 0.25) is 0 Å². The molecule has 1 aliphatic rings. The zero-order valence-corrected chi connectivity index (χ0v) is 11.3. The Bertz CT molecular complexity index is 529. The van der Waals surface area contributed by atoms with E-state index in [2.05, 4.69) is 39.5 Å². The second-order valence-corrected chi connectivity index (χ2v) is 6.10. The van der Waals surface area contributed by atoms with Crippen LogP contribution in [0.15, 0.2) is 24.5 Å². The minimum Gasteiger partial charge on any atom is -0.326 e. The van der Waals surface area contributed by atoms with Gasteiger partial charge in [-0.3, -0.25) is 0 Å². The normalized spacial score (nSPS) is 20.4. The average molecular weight is 261 g/mol. The van der Waals surface area contributed by atoms with Gasteiger partial charge in [-0.25, -0.2) is 4.98 Å². The minimum absolute atomic E-state index is 0.578. The molecule has 0 bridgehead atoms. The van der Waals surface area contributed by atoms with Gasteiger partial charge in [0.15, 0.2) is 0 Å². The van der Waals surface area contributed by atoms with E-state index in [9.17, 15) is 0 Å². The first kappa shape index (κ1) is 12.1. The Morgan fingerprint density at radius 3 is 3.22 bits per heavy atom. The molecule has 2 aromatic rings. The van der Waals surface area contributed by atoms with Crippen molar-refractivity contribution in [1.29, 1.82) is 0 Å². The molecule has 4 heteroatoms. The Hall–Kier alpha value is -1.00. The summed E-state index contributed by atoms with van der Waals surface area (Å²) in [7, 11) is 0. The van der Waals surface area contributed by atoms with Crippen LogP contribution < -0.4 is 5.73 Å². The van der Waals surface area contributed by atoms with Gasteiger partial charge in [-0.1, -0.05) is 6.07 Å². The zero-order chi connectivity index (χ0) is 12.4. The van der Waals surface area contributed by atoms with Crippen molar-refractivity contribution in [2.45, 2.75) is 25.8 Å². The van der Waals surface area contributed by atoms with E-state index < -0.39 is 0 Å². The zero-order valence-electron chi connectivity index (χ0n) is 10.5. The molecule has 1 aliphatic heterocycles. The summed E-state index contributed by atoms with van der Waals surface area (Å²) in [5, 5.41) is 0. The van der Waals surface area contributed by atoms with Crippen LogP contribution in [0.4, 0.5) is 0 Å². The van der Waals surface area contributed by atoms with Gasteiger partial charge in [0.25, 0.3) is 0 Å². The van der Waals surface area contributed by atoms with E-state index in [1.165, 1.54) is 41.3 Å². The third-order valence-electron chi connectivity index (χ3n) is 3.68. The van der Waals surface area contributed by atoms with Crippen LogP contribution >= 0.6 is 11.8 Å². The summed E-state index contributed by atoms with van der Waals surface area (Å²) in [5.74, 6) is 4.59. The Balaban J connectivity index is 1.88. The van der Waals surface area contributed by atoms with Crippen molar-refractivity contribution < 1.29 is 0 Å². The highest BCUT2D eigenvalue weighted by molar-refractivity contribution is 7.99. The molecule has 3 heterocycles. The molecule has 1 unspecified atom stereocenters. The molecule has 18 heavy (non-hydrogen) atoms. The standard InChI is InChI=1S/C14H19N3S/c15-8-12-4-1-5-17-13(12)9-16-14(17)7-11-3-2-6-18-10-11/h1,4-5,9,11H,2-3,6-8,10,15H2. The van der Waals surface area contributed by atoms with Crippen LogP contribution in [0, 0.1) is 5.92 Å². The monoisotopic (exact) mass is 261 g/mol. The summed E-state index contributed by atoms with van der Waals surface area (Å²) in [4.78, 5) is 4.60. The summed E-state index contributed by atoms with van der Waals surface area (Å²) >= 11 is 2.08. The van der Waals surface area contributed by atoms with Gasteiger partial charge in [0.05, 0.1) is 11.7 Å². The summed E-state index contributed by atoms with van der Waals surface area (Å²) in [6.07, 6.45) is 7.86. The quantitative estimate of drug-likeness (QED) is 0.923. The lowest BCUT2D eigenvalue weighted by molar-refractivity contribution is 0.507. The molecule has 2 aromatic heterocycles. The van der Waals surface area contributed by atoms with Crippen LogP contribution in [0.1, 0.15) is 24.2 Å². The largest absolute Gasteiger partial charge is 0.326 e. The van der Waals surface area contributed by atoms with Crippen molar-refractivity contribution in [3.8, 4) is 0 Å². The van der Waals surface area contributed by atoms with Crippen molar-refractivity contribution in [3.63, 3.8) is 0 Å². The number of nitrogens with zero attached hydrogens (tertiary/aromatic N) is 2. The number of nitrogens with two attached hydrogens (primary N) is 1. The SMILES string of the molecule is NCc1cccn2c(CC3CCCSC3)ncc12. The van der Waals surface area contributed by atoms with Crippen LogP contribution in [-0.4, -0.2) is 20.9 Å². The predicted molar refractivity (Wildman–Crippen MR) is 76.8 cm³/mol. The number of thioether (sulfide) groups is 1. The molecule has 1 atom stereocenters. The number of fused-ring (bicyclic) bond motifs is 1. The molecule has 0 radical (unpaired) electrons. The molecule has 0 aromatic carbocycles. The van der Waals surface area contributed by atoms with Gasteiger partial charge >= 0.3 is 0 Å². The van der Waals surface area contributed by atoms with Crippen LogP contribution in [0.25, 0.3) is 5.52 Å². The molecule has 3 rings (SSSR count). The summed E-state index contributed by atoms with van der Waals surface area (Å²) in [6.45, 7) is 0.578. The molecular formula is C14H19N3S. The van der Waals surface area contributed by atoms with E-state index in [0.29, 0.717) is 6.54 Å². The highest BCUT2D eigenvalue weighted by Crippen LogP contribution is 2.26. The van der Waals surface area contributed by atoms with E-state index in [1.54, 1.807) is 0 Å². The second kappa shape index (κ2) is 5.33. The molecule has 0 spiro atoms. The third-order valence-corrected chi connectivity index (χ3v) is 4.97. The van der Waals surface area contributed by atoms with Crippen molar-refractivity contribution in [3.05, 3.63) is 35.9 Å². The lowest BCUT2D eigenvalue weighted by atomic mass is 10.0. The fourth-order valence-corrected chi connectivity index (χ4v) is 3.84. The molecule has 96 valence electrons. The van der Waals surface area contributed by atoms with Crippen molar-refractivity contribution in [1.82, 2.24) is 9.38 Å². The minimum atomic E-state index is 0.578. The molecule has 2 N–H and O–H groups in total. The Morgan fingerprint density at radius 2 is 2.44 bits per heavy atom. The van der Waals surface area contributed by atoms with Gasteiger partial charge < -0.3 is 10.1 Å². The fraction of sp³-hybridized carbons (Fsp3) is 0.500. The molecule has 1 fully saturated rings. The smallest absolute Gasteiger partial charge is 0.113 e. The van der Waals surface area contributed by atoms with Gasteiger partial charge in [-0.05, 0) is 41.9 Å². The Labute approximate surface area is 112 Å². The van der Waals surface area contributed by atoms with Gasteiger partial charge in [0.1, 0.15) is 5.82 Å². The van der Waals surface area contributed by atoms with Gasteiger partial charge in [0, 0.05) is 19.2 Å². The predicted octanol–water partition coefficient (Wildman–Crippen LogP) is 2.48. The second-order valence-electron chi connectivity index (χ2n) is 4.95. The molecule has 1 saturated heterocycles. The van der Waals surface area contributed by atoms with Crippen molar-refractivity contribution in [2.75, 3.05) is 11.5 Å². The molecule has 0 saturated carbocycles. The summed E-state index contributed by atoms with van der Waals surface area (Å²) in [6, 6.07) is 4.15. The lowest BCUT2D eigenvalue weighted by Gasteiger charge is -2.20. The van der Waals surface area contributed by atoms with Gasteiger partial charge in [-0.2, -0.15) is 11.8 Å². The summed E-state index contributed by atoms with van der Waals surface area (Å²) < 4.78 is 2.21. The molecule has 0 amide bonds. The highest BCUT2D eigenvalue weighted by atomic mass is 32.2. The Kier molecular flexibility index (Phi) is 3.57. The van der Waals surface area contributed by atoms with Crippen molar-refractivity contribution in [2.24, 2.45) is 11.7 Å². The fourth-order valence-electron chi connectivity index (χ4n) is 2.68. The maximum atomic E-state index is 5.76. The number of imidazole rings is 1. The van der Waals surface area contributed by atoms with Crippen LogP contribution in [-0.2, 0) is 13.0 Å². The van der Waals surface area contributed by atoms with E-state index in [-0.39, 0.29) is 0 Å². The number of hydrogen-bond donors (Lipinski definition) is 1. The summed E-state index contributed by atoms with van der Waals surface area (Å²) in [5.41, 5.74) is 8.11. The number of pyridine rings is 1. The maximum absolute atomic E-state index is 5.76. The van der Waals surface area contributed by atoms with Gasteiger partial charge in [-0.15, -0.1) is 0 Å². The molecule has 3 nitrogen and oxygen atoms in total. The number of rotatable bonds is 3. The maximum Gasteiger partial charge on any atom is 0.113 e. The van der Waals surface area contributed by atoms with E-state index >= 15 is 0 Å². The highest BCUT2D eigenvalue weighted by Gasteiger charge is 2.17. The van der Waals surface area contributed by atoms with Crippen LogP contribution in [0.5, 0.6) is 0 Å². The van der Waals surface area contributed by atoms with Crippen LogP contribution in [0.3, 0.4) is 0 Å². The van der Waals surface area contributed by atoms with Crippen molar-refractivity contribution >= 4 is 17.3 Å². The first-order valence-corrected chi connectivity index (χ1v) is 7.75. The number of hydrogen-bond acceptors (Lipinski definition) is 3. The molecular weight excluding hydrogens is 242 g/mol. The van der Waals surface area contributed by atoms with E-state index in [1.807, 2.05) is 6.20 Å². The van der Waals surface area contributed by atoms with Gasteiger partial charge in [0.2, 0.25) is 0 Å². The Morgan fingerprint density at radius 1 is 1.50 bits per heavy atom. The topological polar surface area (TPSA) is 43.3 Å². The average Bonchev–Trinajstić information content (AvgIpc) is 2.83. The number of aromatic nitrogens is 2. The van der Waals surface area contributed by atoms with E-state index in [4.69, 9.17) is 5.73 Å². The first-order chi connectivity index (χ1) is 8.88. The third kappa shape index (κ3) is 2.27. The molecule has 0 aliphatic carbocycles. The van der Waals surface area contributed by atoms with E-state index in [0.717, 1.165) is 12.3 Å². The first-order valence-electron chi connectivity index (χ1n) is 6.60. The lowest BCUT2D eigenvalue weighted by Crippen LogP contribution is -2.14.